The molecular formula is C13H15ClO3S. The van der Waals surface area contributed by atoms with Crippen molar-refractivity contribution in [2.45, 2.75) is 31.6 Å². The number of hydrogen-bond donors (Lipinski definition) is 0. The fourth-order valence-electron chi connectivity index (χ4n) is 2.23. The minimum Gasteiger partial charge on any atom is -0.462 e. The quantitative estimate of drug-likeness (QED) is 0.785. The highest BCUT2D eigenvalue weighted by Gasteiger charge is 2.25. The van der Waals surface area contributed by atoms with Crippen LogP contribution in [0.1, 0.15) is 34.8 Å². The second-order valence-electron chi connectivity index (χ2n) is 4.21. The van der Waals surface area contributed by atoms with Gasteiger partial charge in [0.25, 0.3) is 0 Å². The van der Waals surface area contributed by atoms with E-state index >= 15 is 0 Å². The van der Waals surface area contributed by atoms with Gasteiger partial charge in [-0.15, -0.1) is 0 Å². The standard InChI is InChI=1S/C13H15ClO3S/c1-3-17-13(15)10-7-11(14)12-9(8(10)2)5-4-6-18(12)16/h7H,3-6H2,1-2H3. The second-order valence-corrected chi connectivity index (χ2v) is 6.13. The van der Waals surface area contributed by atoms with Crippen molar-refractivity contribution in [3.63, 3.8) is 0 Å². The summed E-state index contributed by atoms with van der Waals surface area (Å²) in [4.78, 5) is 12.5. The van der Waals surface area contributed by atoms with Crippen molar-refractivity contribution in [2.24, 2.45) is 0 Å². The Bertz CT molecular complexity index is 525. The van der Waals surface area contributed by atoms with Crippen LogP contribution in [0.5, 0.6) is 0 Å². The van der Waals surface area contributed by atoms with E-state index in [1.807, 2.05) is 6.92 Å². The number of ether oxygens (including phenoxy) is 1. The van der Waals surface area contributed by atoms with Crippen LogP contribution >= 0.6 is 11.6 Å². The summed E-state index contributed by atoms with van der Waals surface area (Å²) in [6, 6.07) is 1.58. The molecule has 1 aromatic rings. The van der Waals surface area contributed by atoms with Gasteiger partial charge < -0.3 is 4.74 Å². The summed E-state index contributed by atoms with van der Waals surface area (Å²) in [6.07, 6.45) is 1.68. The van der Waals surface area contributed by atoms with Gasteiger partial charge in [-0.1, -0.05) is 11.6 Å². The van der Waals surface area contributed by atoms with Crippen molar-refractivity contribution in [3.8, 4) is 0 Å². The molecule has 0 spiro atoms. The van der Waals surface area contributed by atoms with Crippen LogP contribution in [0.2, 0.25) is 5.02 Å². The van der Waals surface area contributed by atoms with Crippen LogP contribution in [0.25, 0.3) is 0 Å². The zero-order valence-corrected chi connectivity index (χ0v) is 12.0. The first-order chi connectivity index (χ1) is 8.56. The molecule has 0 amide bonds. The highest BCUT2D eigenvalue weighted by molar-refractivity contribution is 7.85. The summed E-state index contributed by atoms with van der Waals surface area (Å²) in [5.74, 6) is 0.279. The average Bonchev–Trinajstić information content (AvgIpc) is 2.33. The van der Waals surface area contributed by atoms with Crippen LogP contribution in [0, 0.1) is 6.92 Å². The van der Waals surface area contributed by atoms with Gasteiger partial charge in [-0.3, -0.25) is 4.21 Å². The topological polar surface area (TPSA) is 43.4 Å². The fraction of sp³-hybridized carbons (Fsp3) is 0.462. The van der Waals surface area contributed by atoms with E-state index in [0.29, 0.717) is 27.8 Å². The first kappa shape index (κ1) is 13.6. The second kappa shape index (κ2) is 5.41. The first-order valence-corrected chi connectivity index (χ1v) is 7.63. The Balaban J connectivity index is 2.56. The SMILES string of the molecule is CCOC(=O)c1cc(Cl)c2c(c1C)CCCS2=O. The Kier molecular flexibility index (Phi) is 4.07. The number of fused-ring (bicyclic) bond motifs is 1. The van der Waals surface area contributed by atoms with Gasteiger partial charge in [0.05, 0.1) is 32.9 Å². The van der Waals surface area contributed by atoms with E-state index in [1.165, 1.54) is 0 Å². The van der Waals surface area contributed by atoms with Crippen molar-refractivity contribution >= 4 is 28.4 Å². The summed E-state index contributed by atoms with van der Waals surface area (Å²) in [6.45, 7) is 3.96. The van der Waals surface area contributed by atoms with Gasteiger partial charge >= 0.3 is 5.97 Å². The normalized spacial score (nSPS) is 18.3. The van der Waals surface area contributed by atoms with Gasteiger partial charge in [-0.2, -0.15) is 0 Å². The molecule has 0 saturated heterocycles. The lowest BCUT2D eigenvalue weighted by Gasteiger charge is -2.20. The van der Waals surface area contributed by atoms with Crippen LogP contribution in [0.4, 0.5) is 0 Å². The van der Waals surface area contributed by atoms with Gasteiger partial charge in [0, 0.05) is 5.75 Å². The van der Waals surface area contributed by atoms with Gasteiger partial charge in [0.1, 0.15) is 0 Å². The van der Waals surface area contributed by atoms with Gasteiger partial charge in [-0.25, -0.2) is 4.79 Å². The van der Waals surface area contributed by atoms with Crippen molar-refractivity contribution in [3.05, 3.63) is 27.8 Å². The highest BCUT2D eigenvalue weighted by atomic mass is 35.5. The fourth-order valence-corrected chi connectivity index (χ4v) is 4.13. The molecule has 18 heavy (non-hydrogen) atoms. The molecule has 0 radical (unpaired) electrons. The van der Waals surface area contributed by atoms with E-state index in [2.05, 4.69) is 0 Å². The third kappa shape index (κ3) is 2.31. The smallest absolute Gasteiger partial charge is 0.338 e. The third-order valence-electron chi connectivity index (χ3n) is 3.10. The summed E-state index contributed by atoms with van der Waals surface area (Å²) in [5, 5.41) is 0.414. The van der Waals surface area contributed by atoms with E-state index in [1.54, 1.807) is 13.0 Å². The van der Waals surface area contributed by atoms with Crippen LogP contribution in [0.3, 0.4) is 0 Å². The van der Waals surface area contributed by atoms with Crippen molar-refractivity contribution in [1.29, 1.82) is 0 Å². The average molecular weight is 287 g/mol. The number of carbonyl (C=O) groups excluding carboxylic acids is 1. The van der Waals surface area contributed by atoms with Crippen LogP contribution < -0.4 is 0 Å². The molecule has 3 nitrogen and oxygen atoms in total. The maximum absolute atomic E-state index is 12.0. The molecule has 0 bridgehead atoms. The molecule has 1 aliphatic heterocycles. The minimum atomic E-state index is -1.05. The lowest BCUT2D eigenvalue weighted by Crippen LogP contribution is -2.16. The largest absolute Gasteiger partial charge is 0.462 e. The van der Waals surface area contributed by atoms with E-state index < -0.39 is 10.8 Å². The predicted octanol–water partition coefficient (Wildman–Crippen LogP) is 2.88. The molecule has 0 N–H and O–H groups in total. The molecule has 0 saturated carbocycles. The maximum Gasteiger partial charge on any atom is 0.338 e. The Morgan fingerprint density at radius 2 is 2.28 bits per heavy atom. The molecule has 1 aromatic carbocycles. The molecule has 1 unspecified atom stereocenters. The van der Waals surface area contributed by atoms with Gasteiger partial charge in [0.15, 0.2) is 0 Å². The number of benzene rings is 1. The van der Waals surface area contributed by atoms with Gasteiger partial charge in [0.2, 0.25) is 0 Å². The molecule has 0 aromatic heterocycles. The zero-order valence-electron chi connectivity index (χ0n) is 10.4. The van der Waals surface area contributed by atoms with E-state index in [9.17, 15) is 9.00 Å². The molecule has 1 atom stereocenters. The van der Waals surface area contributed by atoms with Crippen molar-refractivity contribution in [1.82, 2.24) is 0 Å². The summed E-state index contributed by atoms with van der Waals surface area (Å²) in [7, 11) is -1.05. The monoisotopic (exact) mass is 286 g/mol. The Labute approximate surface area is 114 Å². The van der Waals surface area contributed by atoms with Crippen molar-refractivity contribution < 1.29 is 13.7 Å². The number of hydrogen-bond acceptors (Lipinski definition) is 3. The van der Waals surface area contributed by atoms with Gasteiger partial charge in [-0.05, 0) is 43.9 Å². The summed E-state index contributed by atoms with van der Waals surface area (Å²) in [5.41, 5.74) is 2.29. The van der Waals surface area contributed by atoms with E-state index in [-0.39, 0.29) is 5.97 Å². The highest BCUT2D eigenvalue weighted by Crippen LogP contribution is 2.34. The molecule has 5 heteroatoms. The number of halogens is 1. The lowest BCUT2D eigenvalue weighted by molar-refractivity contribution is 0.0525. The Hall–Kier alpha value is -0.870. The number of rotatable bonds is 2. The molecule has 1 heterocycles. The molecule has 2 rings (SSSR count). The van der Waals surface area contributed by atoms with E-state index in [0.717, 1.165) is 24.0 Å². The minimum absolute atomic E-state index is 0.332. The Morgan fingerprint density at radius 1 is 1.56 bits per heavy atom. The first-order valence-electron chi connectivity index (χ1n) is 5.93. The lowest BCUT2D eigenvalue weighted by atomic mass is 9.98. The maximum atomic E-state index is 12.0. The number of esters is 1. The zero-order chi connectivity index (χ0) is 13.3. The molecular weight excluding hydrogens is 272 g/mol. The molecule has 0 aliphatic carbocycles. The number of carbonyl (C=O) groups is 1. The summed E-state index contributed by atoms with van der Waals surface area (Å²) < 4.78 is 17.0. The van der Waals surface area contributed by atoms with Crippen LogP contribution in [0.15, 0.2) is 11.0 Å². The van der Waals surface area contributed by atoms with Crippen LogP contribution in [-0.2, 0) is 22.0 Å². The molecule has 1 aliphatic rings. The van der Waals surface area contributed by atoms with Crippen LogP contribution in [-0.4, -0.2) is 22.5 Å². The predicted molar refractivity (Wildman–Crippen MR) is 71.7 cm³/mol. The third-order valence-corrected chi connectivity index (χ3v) is 5.09. The van der Waals surface area contributed by atoms with E-state index in [4.69, 9.17) is 16.3 Å². The van der Waals surface area contributed by atoms with Crippen molar-refractivity contribution in [2.75, 3.05) is 12.4 Å². The Morgan fingerprint density at radius 3 is 2.94 bits per heavy atom. The molecule has 0 fully saturated rings. The summed E-state index contributed by atoms with van der Waals surface area (Å²) >= 11 is 6.16. The molecule has 98 valence electrons.